The van der Waals surface area contributed by atoms with Crippen LogP contribution in [0.25, 0.3) is 0 Å². The largest absolute Gasteiger partial charge is 0.342 e. The van der Waals surface area contributed by atoms with Gasteiger partial charge in [0.15, 0.2) is 0 Å². The van der Waals surface area contributed by atoms with Gasteiger partial charge in [0, 0.05) is 19.1 Å². The molecular weight excluding hydrogens is 224 g/mol. The lowest BCUT2D eigenvalue weighted by Gasteiger charge is -2.36. The van der Waals surface area contributed by atoms with Crippen LogP contribution in [0, 0.1) is 17.8 Å². The summed E-state index contributed by atoms with van der Waals surface area (Å²) in [6.45, 7) is 6.37. The van der Waals surface area contributed by atoms with Gasteiger partial charge in [0.25, 0.3) is 0 Å². The van der Waals surface area contributed by atoms with Crippen LogP contribution in [0.1, 0.15) is 52.4 Å². The van der Waals surface area contributed by atoms with E-state index in [0.29, 0.717) is 11.8 Å². The van der Waals surface area contributed by atoms with Gasteiger partial charge in [-0.25, -0.2) is 0 Å². The van der Waals surface area contributed by atoms with Crippen molar-refractivity contribution in [1.82, 2.24) is 4.90 Å². The van der Waals surface area contributed by atoms with Crippen LogP contribution in [0.5, 0.6) is 0 Å². The van der Waals surface area contributed by atoms with Gasteiger partial charge in [-0.05, 0) is 43.9 Å². The molecule has 1 saturated heterocycles. The number of nitrogens with zero attached hydrogens (tertiary/aromatic N) is 1. The Morgan fingerprint density at radius 2 is 1.83 bits per heavy atom. The summed E-state index contributed by atoms with van der Waals surface area (Å²) < 4.78 is 0. The Labute approximate surface area is 111 Å². The van der Waals surface area contributed by atoms with E-state index in [-0.39, 0.29) is 12.0 Å². The summed E-state index contributed by atoms with van der Waals surface area (Å²) in [5.74, 6) is 1.69. The fourth-order valence-electron chi connectivity index (χ4n) is 3.45. The molecule has 0 spiro atoms. The number of hydrogen-bond acceptors (Lipinski definition) is 2. The molecule has 4 unspecified atom stereocenters. The first-order valence-corrected chi connectivity index (χ1v) is 7.64. The Morgan fingerprint density at radius 1 is 1.06 bits per heavy atom. The molecule has 3 nitrogen and oxygen atoms in total. The Morgan fingerprint density at radius 3 is 2.61 bits per heavy atom. The molecule has 0 aromatic rings. The van der Waals surface area contributed by atoms with E-state index in [9.17, 15) is 4.79 Å². The number of rotatable bonds is 1. The second kappa shape index (κ2) is 6.05. The molecule has 0 aromatic carbocycles. The second-order valence-electron chi connectivity index (χ2n) is 6.45. The molecule has 1 heterocycles. The van der Waals surface area contributed by atoms with Crippen LogP contribution in [-0.4, -0.2) is 29.9 Å². The Bertz CT molecular complexity index is 292. The molecule has 2 N–H and O–H groups in total. The zero-order valence-corrected chi connectivity index (χ0v) is 11.9. The van der Waals surface area contributed by atoms with Crippen molar-refractivity contribution in [3.8, 4) is 0 Å². The molecule has 0 bridgehead atoms. The highest BCUT2D eigenvalue weighted by Gasteiger charge is 2.35. The van der Waals surface area contributed by atoms with Gasteiger partial charge in [-0.1, -0.05) is 20.3 Å². The first-order chi connectivity index (χ1) is 8.59. The summed E-state index contributed by atoms with van der Waals surface area (Å²) in [5.41, 5.74) is 6.25. The van der Waals surface area contributed by atoms with Crippen molar-refractivity contribution in [2.24, 2.45) is 23.5 Å². The fourth-order valence-corrected chi connectivity index (χ4v) is 3.45. The summed E-state index contributed by atoms with van der Waals surface area (Å²) >= 11 is 0. The quantitative estimate of drug-likeness (QED) is 0.779. The first-order valence-electron chi connectivity index (χ1n) is 7.64. The van der Waals surface area contributed by atoms with Crippen molar-refractivity contribution in [1.29, 1.82) is 0 Å². The summed E-state index contributed by atoms with van der Waals surface area (Å²) in [6.07, 6.45) is 6.92. The molecule has 2 fully saturated rings. The fraction of sp³-hybridized carbons (Fsp3) is 0.933. The zero-order valence-electron chi connectivity index (χ0n) is 11.9. The first kappa shape index (κ1) is 13.9. The van der Waals surface area contributed by atoms with Gasteiger partial charge in [-0.3, -0.25) is 4.79 Å². The molecule has 0 radical (unpaired) electrons. The minimum atomic E-state index is 0.0759. The Hall–Kier alpha value is -0.570. The van der Waals surface area contributed by atoms with Crippen LogP contribution in [0.15, 0.2) is 0 Å². The van der Waals surface area contributed by atoms with E-state index < -0.39 is 0 Å². The van der Waals surface area contributed by atoms with Crippen LogP contribution >= 0.6 is 0 Å². The average Bonchev–Trinajstić information content (AvgIpc) is 2.57. The molecule has 104 valence electrons. The van der Waals surface area contributed by atoms with Crippen molar-refractivity contribution in [2.45, 2.75) is 58.4 Å². The van der Waals surface area contributed by atoms with E-state index >= 15 is 0 Å². The van der Waals surface area contributed by atoms with Gasteiger partial charge >= 0.3 is 0 Å². The van der Waals surface area contributed by atoms with Crippen LogP contribution in [0.2, 0.25) is 0 Å². The molecule has 1 saturated carbocycles. The van der Waals surface area contributed by atoms with Gasteiger partial charge in [-0.2, -0.15) is 0 Å². The zero-order chi connectivity index (χ0) is 13.1. The van der Waals surface area contributed by atoms with Crippen molar-refractivity contribution in [3.05, 3.63) is 0 Å². The maximum absolute atomic E-state index is 12.6. The summed E-state index contributed by atoms with van der Waals surface area (Å²) in [7, 11) is 0. The van der Waals surface area contributed by atoms with E-state index in [1.54, 1.807) is 0 Å². The van der Waals surface area contributed by atoms with Gasteiger partial charge in [-0.15, -0.1) is 0 Å². The lowest BCUT2D eigenvalue weighted by Crippen LogP contribution is -2.49. The van der Waals surface area contributed by atoms with Crippen molar-refractivity contribution in [3.63, 3.8) is 0 Å². The van der Waals surface area contributed by atoms with Gasteiger partial charge in [0.05, 0.1) is 5.92 Å². The normalized spacial score (nSPS) is 38.3. The van der Waals surface area contributed by atoms with Crippen LogP contribution in [0.3, 0.4) is 0 Å². The van der Waals surface area contributed by atoms with Crippen LogP contribution in [-0.2, 0) is 4.79 Å². The highest BCUT2D eigenvalue weighted by molar-refractivity contribution is 5.79. The summed E-state index contributed by atoms with van der Waals surface area (Å²) in [5, 5.41) is 0. The number of likely N-dealkylation sites (tertiary alicyclic amines) is 1. The minimum Gasteiger partial charge on any atom is -0.342 e. The third-order valence-corrected chi connectivity index (χ3v) is 4.94. The highest BCUT2D eigenvalue weighted by atomic mass is 16.2. The Kier molecular flexibility index (Phi) is 4.66. The maximum atomic E-state index is 12.6. The number of carbonyl (C=O) groups is 1. The lowest BCUT2D eigenvalue weighted by atomic mass is 9.77. The van der Waals surface area contributed by atoms with Crippen LogP contribution < -0.4 is 5.73 Å². The molecular formula is C15H28N2O. The maximum Gasteiger partial charge on any atom is 0.227 e. The number of nitrogens with two attached hydrogens (primary N) is 1. The summed E-state index contributed by atoms with van der Waals surface area (Å²) in [4.78, 5) is 14.7. The van der Waals surface area contributed by atoms with Gasteiger partial charge < -0.3 is 10.6 Å². The average molecular weight is 252 g/mol. The topological polar surface area (TPSA) is 46.3 Å². The molecule has 0 aromatic heterocycles. The molecule has 18 heavy (non-hydrogen) atoms. The van der Waals surface area contributed by atoms with E-state index in [1.807, 2.05) is 0 Å². The SMILES string of the molecule is CC1CCCN(C(=O)C2CCCC(C)C2N)CC1. The minimum absolute atomic E-state index is 0.0759. The Balaban J connectivity index is 1.97. The molecule has 4 atom stereocenters. The van der Waals surface area contributed by atoms with Gasteiger partial charge in [0.2, 0.25) is 5.91 Å². The monoisotopic (exact) mass is 252 g/mol. The van der Waals surface area contributed by atoms with E-state index in [4.69, 9.17) is 5.73 Å². The van der Waals surface area contributed by atoms with Crippen molar-refractivity contribution >= 4 is 5.91 Å². The highest BCUT2D eigenvalue weighted by Crippen LogP contribution is 2.30. The number of hydrogen-bond donors (Lipinski definition) is 1. The molecule has 1 aliphatic heterocycles. The molecule has 2 rings (SSSR count). The van der Waals surface area contributed by atoms with Crippen molar-refractivity contribution < 1.29 is 4.79 Å². The van der Waals surface area contributed by atoms with Gasteiger partial charge in [0.1, 0.15) is 0 Å². The van der Waals surface area contributed by atoms with Crippen LogP contribution in [0.4, 0.5) is 0 Å². The standard InChI is InChI=1S/C15H28N2O/c1-11-5-4-9-17(10-8-11)15(18)13-7-3-6-12(2)14(13)16/h11-14H,3-10,16H2,1-2H3. The predicted molar refractivity (Wildman–Crippen MR) is 74.1 cm³/mol. The lowest BCUT2D eigenvalue weighted by molar-refractivity contribution is -0.137. The number of carbonyl (C=O) groups excluding carboxylic acids is 1. The third kappa shape index (κ3) is 3.05. The third-order valence-electron chi connectivity index (χ3n) is 4.94. The van der Waals surface area contributed by atoms with E-state index in [2.05, 4.69) is 18.7 Å². The summed E-state index contributed by atoms with van der Waals surface area (Å²) in [6, 6.07) is 0.0759. The second-order valence-corrected chi connectivity index (χ2v) is 6.45. The number of amides is 1. The molecule has 2 aliphatic rings. The molecule has 1 amide bonds. The molecule has 3 heteroatoms. The van der Waals surface area contributed by atoms with E-state index in [1.165, 1.54) is 12.8 Å². The molecule has 1 aliphatic carbocycles. The smallest absolute Gasteiger partial charge is 0.227 e. The predicted octanol–water partition coefficient (Wildman–Crippen LogP) is 2.40. The van der Waals surface area contributed by atoms with Crippen molar-refractivity contribution in [2.75, 3.05) is 13.1 Å². The van der Waals surface area contributed by atoms with E-state index in [0.717, 1.165) is 44.7 Å².